The lowest BCUT2D eigenvalue weighted by atomic mass is 9.93. The summed E-state index contributed by atoms with van der Waals surface area (Å²) in [7, 11) is 0. The number of anilines is 1. The zero-order chi connectivity index (χ0) is 25.8. The number of aliphatic hydroxyl groups excluding tert-OH is 1. The lowest BCUT2D eigenvalue weighted by molar-refractivity contribution is -0.00872. The molecule has 2 heterocycles. The van der Waals surface area contributed by atoms with E-state index in [1.165, 1.54) is 6.20 Å². The number of thiocarbonyl (C=S) groups is 1. The number of nitrogens with zero attached hydrogens (tertiary/aromatic N) is 1. The molecule has 0 radical (unpaired) electrons. The van der Waals surface area contributed by atoms with Gasteiger partial charge in [0.25, 0.3) is 0 Å². The van der Waals surface area contributed by atoms with E-state index in [4.69, 9.17) is 21.7 Å². The second kappa shape index (κ2) is 11.3. The summed E-state index contributed by atoms with van der Waals surface area (Å²) in [5.41, 5.74) is 1.06. The van der Waals surface area contributed by atoms with Crippen LogP contribution in [0.15, 0.2) is 30.6 Å². The van der Waals surface area contributed by atoms with Crippen LogP contribution in [0.3, 0.4) is 0 Å². The quantitative estimate of drug-likeness (QED) is 0.271. The third-order valence-corrected chi connectivity index (χ3v) is 5.72. The molecule has 0 aliphatic carbocycles. The molecule has 0 bridgehead atoms. The van der Waals surface area contributed by atoms with Gasteiger partial charge in [-0.25, -0.2) is 13.8 Å². The Morgan fingerprint density at radius 2 is 1.91 bits per heavy atom. The zero-order valence-electron chi connectivity index (χ0n) is 20.5. The summed E-state index contributed by atoms with van der Waals surface area (Å²) in [5.74, 6) is -1.81. The number of aromatic amines is 1. The number of rotatable bonds is 10. The van der Waals surface area contributed by atoms with Crippen molar-refractivity contribution in [2.24, 2.45) is 5.41 Å². The van der Waals surface area contributed by atoms with E-state index in [-0.39, 0.29) is 29.4 Å². The maximum Gasteiger partial charge on any atom is 0.198 e. The van der Waals surface area contributed by atoms with Gasteiger partial charge in [-0.1, -0.05) is 20.8 Å². The van der Waals surface area contributed by atoms with Gasteiger partial charge in [-0.2, -0.15) is 0 Å². The average Bonchev–Trinajstić information content (AvgIpc) is 3.24. The minimum absolute atomic E-state index is 0.0232. The first-order valence-electron chi connectivity index (χ1n) is 11.4. The van der Waals surface area contributed by atoms with Gasteiger partial charge in [0.15, 0.2) is 22.5 Å². The molecule has 0 unspecified atom stereocenters. The van der Waals surface area contributed by atoms with Gasteiger partial charge in [-0.3, -0.25) is 0 Å². The molecule has 0 saturated carbocycles. The lowest BCUT2D eigenvalue weighted by Crippen LogP contribution is -2.43. The third kappa shape index (κ3) is 6.65. The van der Waals surface area contributed by atoms with Crippen LogP contribution in [0.25, 0.3) is 11.0 Å². The van der Waals surface area contributed by atoms with Crippen molar-refractivity contribution in [2.45, 2.75) is 46.6 Å². The first kappa shape index (κ1) is 26.8. The number of halogens is 2. The number of ether oxygens (including phenoxy) is 2. The van der Waals surface area contributed by atoms with Crippen LogP contribution in [0.2, 0.25) is 0 Å². The van der Waals surface area contributed by atoms with Gasteiger partial charge in [-0.05, 0) is 43.6 Å². The molecule has 0 amide bonds. The van der Waals surface area contributed by atoms with Crippen molar-refractivity contribution in [3.05, 3.63) is 47.8 Å². The molecule has 0 spiro atoms. The molecule has 3 aromatic rings. The summed E-state index contributed by atoms with van der Waals surface area (Å²) in [5, 5.41) is 16.3. The second-order valence-corrected chi connectivity index (χ2v) is 9.85. The number of benzene rings is 1. The number of aromatic nitrogens is 2. The van der Waals surface area contributed by atoms with Crippen molar-refractivity contribution in [3.63, 3.8) is 0 Å². The first-order chi connectivity index (χ1) is 16.5. The Labute approximate surface area is 209 Å². The Bertz CT molecular complexity index is 1160. The highest BCUT2D eigenvalue weighted by Gasteiger charge is 2.25. The number of pyridine rings is 1. The standard InChI is InChI=1S/C25H32F2N4O3S/c1-14(2)17-10-29-23-21(17)20(6-7-28-23)34-22-18(26)8-16(9-19(22)27)31-24(35)30-11-25(5,12-32)13-33-15(3)4/h6-10,14-15,32H,11-13H2,1-5H3,(H,28,29)(H2,30,31,35)/t25-/m1/s1. The minimum Gasteiger partial charge on any atom is -0.450 e. The molecular formula is C25H32F2N4O3S. The fraction of sp³-hybridized carbons (Fsp3) is 0.440. The topological polar surface area (TPSA) is 91.4 Å². The number of aliphatic hydroxyl groups is 1. The molecule has 0 aliphatic heterocycles. The summed E-state index contributed by atoms with van der Waals surface area (Å²) < 4.78 is 41.1. The molecule has 2 aromatic heterocycles. The Morgan fingerprint density at radius 3 is 2.51 bits per heavy atom. The van der Waals surface area contributed by atoms with E-state index in [1.54, 1.807) is 6.07 Å². The van der Waals surface area contributed by atoms with Crippen molar-refractivity contribution < 1.29 is 23.4 Å². The molecule has 1 atom stereocenters. The maximum atomic E-state index is 14.9. The summed E-state index contributed by atoms with van der Waals surface area (Å²) in [6.07, 6.45) is 3.36. The molecule has 190 valence electrons. The van der Waals surface area contributed by atoms with Crippen LogP contribution in [0.5, 0.6) is 11.5 Å². The maximum absolute atomic E-state index is 14.9. The van der Waals surface area contributed by atoms with Crippen LogP contribution in [-0.2, 0) is 4.74 Å². The van der Waals surface area contributed by atoms with Crippen LogP contribution in [0, 0.1) is 17.0 Å². The monoisotopic (exact) mass is 506 g/mol. The van der Waals surface area contributed by atoms with Crippen LogP contribution in [0.1, 0.15) is 46.1 Å². The molecule has 3 rings (SSSR count). The van der Waals surface area contributed by atoms with E-state index in [0.717, 1.165) is 17.7 Å². The molecule has 7 nitrogen and oxygen atoms in total. The van der Waals surface area contributed by atoms with E-state index in [1.807, 2.05) is 40.8 Å². The number of hydrogen-bond acceptors (Lipinski definition) is 5. The molecule has 1 aromatic carbocycles. The molecule has 0 saturated heterocycles. The Morgan fingerprint density at radius 1 is 1.23 bits per heavy atom. The van der Waals surface area contributed by atoms with E-state index in [9.17, 15) is 13.9 Å². The summed E-state index contributed by atoms with van der Waals surface area (Å²) >= 11 is 5.26. The Hall–Kier alpha value is -2.82. The number of H-pyrrole nitrogens is 1. The van der Waals surface area contributed by atoms with Gasteiger partial charge in [-0.15, -0.1) is 0 Å². The fourth-order valence-electron chi connectivity index (χ4n) is 3.42. The molecule has 4 N–H and O–H groups in total. The van der Waals surface area contributed by atoms with Gasteiger partial charge in [0.1, 0.15) is 11.4 Å². The highest BCUT2D eigenvalue weighted by molar-refractivity contribution is 7.80. The molecule has 35 heavy (non-hydrogen) atoms. The van der Waals surface area contributed by atoms with Gasteiger partial charge < -0.3 is 30.2 Å². The molecular weight excluding hydrogens is 474 g/mol. The van der Waals surface area contributed by atoms with Gasteiger partial charge in [0.2, 0.25) is 0 Å². The number of hydrogen-bond donors (Lipinski definition) is 4. The van der Waals surface area contributed by atoms with Crippen LogP contribution >= 0.6 is 12.2 Å². The summed E-state index contributed by atoms with van der Waals surface area (Å²) in [6.45, 7) is 10.2. The van der Waals surface area contributed by atoms with Crippen molar-refractivity contribution in [1.29, 1.82) is 0 Å². The van der Waals surface area contributed by atoms with Crippen LogP contribution in [0.4, 0.5) is 14.5 Å². The van der Waals surface area contributed by atoms with Crippen molar-refractivity contribution in [3.8, 4) is 11.5 Å². The largest absolute Gasteiger partial charge is 0.450 e. The molecule has 10 heteroatoms. The Kier molecular flexibility index (Phi) is 8.63. The fourth-order valence-corrected chi connectivity index (χ4v) is 3.61. The van der Waals surface area contributed by atoms with Crippen LogP contribution in [-0.4, -0.2) is 46.0 Å². The lowest BCUT2D eigenvalue weighted by Gasteiger charge is -2.29. The second-order valence-electron chi connectivity index (χ2n) is 9.44. The van der Waals surface area contributed by atoms with E-state index in [2.05, 4.69) is 20.6 Å². The van der Waals surface area contributed by atoms with Crippen LogP contribution < -0.4 is 15.4 Å². The zero-order valence-corrected chi connectivity index (χ0v) is 21.4. The van der Waals surface area contributed by atoms with E-state index < -0.39 is 22.8 Å². The normalized spacial score (nSPS) is 13.3. The Balaban J connectivity index is 1.72. The predicted molar refractivity (Wildman–Crippen MR) is 137 cm³/mol. The van der Waals surface area contributed by atoms with Crippen molar-refractivity contribution >= 4 is 34.1 Å². The molecule has 0 fully saturated rings. The highest BCUT2D eigenvalue weighted by atomic mass is 32.1. The first-order valence-corrected chi connectivity index (χ1v) is 11.8. The van der Waals surface area contributed by atoms with Crippen molar-refractivity contribution in [1.82, 2.24) is 15.3 Å². The van der Waals surface area contributed by atoms with Crippen molar-refractivity contribution in [2.75, 3.05) is 25.1 Å². The van der Waals surface area contributed by atoms with E-state index in [0.29, 0.717) is 29.9 Å². The predicted octanol–water partition coefficient (Wildman–Crippen LogP) is 5.47. The van der Waals surface area contributed by atoms with Gasteiger partial charge >= 0.3 is 0 Å². The third-order valence-electron chi connectivity index (χ3n) is 5.48. The van der Waals surface area contributed by atoms with E-state index >= 15 is 0 Å². The number of nitrogens with one attached hydrogen (secondary N) is 3. The van der Waals surface area contributed by atoms with Gasteiger partial charge in [0, 0.05) is 42.2 Å². The summed E-state index contributed by atoms with van der Waals surface area (Å²) in [6, 6.07) is 3.80. The van der Waals surface area contributed by atoms with Gasteiger partial charge in [0.05, 0.1) is 24.7 Å². The average molecular weight is 507 g/mol. The number of fused-ring (bicyclic) bond motifs is 1. The minimum atomic E-state index is -0.882. The smallest absolute Gasteiger partial charge is 0.198 e. The summed E-state index contributed by atoms with van der Waals surface area (Å²) in [4.78, 5) is 7.32. The SMILES string of the molecule is CC(C)OC[C@@](C)(CO)CNC(=S)Nc1cc(F)c(Oc2ccnc3[nH]cc(C(C)C)c23)c(F)c1. The highest BCUT2D eigenvalue weighted by Crippen LogP contribution is 2.37. The molecule has 0 aliphatic rings.